The molecule has 254 valence electrons. The molecule has 2 rings (SSSR count). The average Bonchev–Trinajstić information content (AvgIpc) is 2.94. The lowest BCUT2D eigenvalue weighted by Gasteiger charge is -2.34. The van der Waals surface area contributed by atoms with Gasteiger partial charge in [-0.3, -0.25) is 9.79 Å². The van der Waals surface area contributed by atoms with Crippen molar-refractivity contribution >= 4 is 17.7 Å². The maximum absolute atomic E-state index is 13.7. The van der Waals surface area contributed by atoms with Crippen LogP contribution < -0.4 is 4.74 Å². The number of unbranched alkanes of at least 4 members (excludes halogenated alkanes) is 12. The van der Waals surface area contributed by atoms with E-state index in [0.717, 1.165) is 30.4 Å². The van der Waals surface area contributed by atoms with Crippen LogP contribution in [-0.2, 0) is 25.5 Å². The fraction of sp³-hybridized carbons (Fsp3) is 0.718. The van der Waals surface area contributed by atoms with Crippen molar-refractivity contribution in [1.82, 2.24) is 0 Å². The fourth-order valence-electron chi connectivity index (χ4n) is 6.35. The molecule has 0 bridgehead atoms. The first-order chi connectivity index (χ1) is 21.5. The van der Waals surface area contributed by atoms with Gasteiger partial charge in [-0.1, -0.05) is 96.1 Å². The molecule has 0 fully saturated rings. The Kier molecular flexibility index (Phi) is 17.5. The summed E-state index contributed by atoms with van der Waals surface area (Å²) in [5.41, 5.74) is 3.59. The SMILES string of the molecule is CCCCCCCCCCCCCCCc1cccc(OC(C)C)c1C1C(C(=O)OC(C)C)=C(C)N=C(C)C1C(=O)OC(C)C. The van der Waals surface area contributed by atoms with Crippen LogP contribution in [0.4, 0.5) is 0 Å². The minimum atomic E-state index is -0.756. The van der Waals surface area contributed by atoms with E-state index in [1.807, 2.05) is 67.5 Å². The first kappa shape index (κ1) is 38.6. The van der Waals surface area contributed by atoms with E-state index < -0.39 is 17.8 Å². The van der Waals surface area contributed by atoms with Gasteiger partial charge in [-0.05, 0) is 79.9 Å². The lowest BCUT2D eigenvalue weighted by Crippen LogP contribution is -2.38. The summed E-state index contributed by atoms with van der Waals surface area (Å²) in [5, 5.41) is 0. The molecule has 0 N–H and O–H groups in total. The fourth-order valence-corrected chi connectivity index (χ4v) is 6.35. The van der Waals surface area contributed by atoms with Gasteiger partial charge in [-0.25, -0.2) is 4.79 Å². The topological polar surface area (TPSA) is 74.2 Å². The number of carbonyl (C=O) groups excluding carboxylic acids is 2. The van der Waals surface area contributed by atoms with Crippen LogP contribution in [0.5, 0.6) is 5.75 Å². The minimum absolute atomic E-state index is 0.0779. The third-order valence-corrected chi connectivity index (χ3v) is 8.38. The van der Waals surface area contributed by atoms with Gasteiger partial charge in [0, 0.05) is 22.9 Å². The number of carbonyl (C=O) groups is 2. The highest BCUT2D eigenvalue weighted by atomic mass is 16.5. The van der Waals surface area contributed by atoms with Gasteiger partial charge in [0.15, 0.2) is 0 Å². The highest BCUT2D eigenvalue weighted by Gasteiger charge is 2.45. The molecule has 6 nitrogen and oxygen atoms in total. The number of hydrogen-bond donors (Lipinski definition) is 0. The van der Waals surface area contributed by atoms with Crippen molar-refractivity contribution in [1.29, 1.82) is 0 Å². The van der Waals surface area contributed by atoms with Crippen molar-refractivity contribution in [2.75, 3.05) is 0 Å². The third-order valence-electron chi connectivity index (χ3n) is 8.38. The molecular weight excluding hydrogens is 562 g/mol. The van der Waals surface area contributed by atoms with Crippen molar-refractivity contribution in [3.05, 3.63) is 40.6 Å². The number of aryl methyl sites for hydroxylation is 1. The highest BCUT2D eigenvalue weighted by molar-refractivity contribution is 6.07. The van der Waals surface area contributed by atoms with Crippen LogP contribution in [0.25, 0.3) is 0 Å². The van der Waals surface area contributed by atoms with Gasteiger partial charge in [0.2, 0.25) is 0 Å². The van der Waals surface area contributed by atoms with E-state index in [2.05, 4.69) is 13.0 Å². The molecule has 2 atom stereocenters. The zero-order valence-corrected chi connectivity index (χ0v) is 30.0. The van der Waals surface area contributed by atoms with Gasteiger partial charge < -0.3 is 14.2 Å². The molecule has 45 heavy (non-hydrogen) atoms. The number of benzene rings is 1. The highest BCUT2D eigenvalue weighted by Crippen LogP contribution is 2.46. The smallest absolute Gasteiger partial charge is 0.336 e. The Morgan fingerprint density at radius 1 is 0.733 bits per heavy atom. The van der Waals surface area contributed by atoms with Gasteiger partial charge in [-0.2, -0.15) is 0 Å². The molecule has 0 spiro atoms. The number of nitrogens with zero attached hydrogens (tertiary/aromatic N) is 1. The Hall–Kier alpha value is -2.63. The van der Waals surface area contributed by atoms with Gasteiger partial charge in [0.25, 0.3) is 0 Å². The number of aliphatic imine (C=N–C) groups is 1. The van der Waals surface area contributed by atoms with E-state index in [0.29, 0.717) is 22.7 Å². The Morgan fingerprint density at radius 3 is 1.78 bits per heavy atom. The minimum Gasteiger partial charge on any atom is -0.491 e. The molecule has 0 saturated heterocycles. The molecular formula is C39H63NO5. The van der Waals surface area contributed by atoms with Crippen LogP contribution in [0.3, 0.4) is 0 Å². The lowest BCUT2D eigenvalue weighted by molar-refractivity contribution is -0.150. The molecule has 0 amide bonds. The molecule has 1 aromatic rings. The number of rotatable bonds is 21. The maximum Gasteiger partial charge on any atom is 0.336 e. The number of esters is 2. The number of allylic oxidation sites excluding steroid dienone is 1. The molecule has 2 unspecified atom stereocenters. The quantitative estimate of drug-likeness (QED) is 0.100. The van der Waals surface area contributed by atoms with Crippen molar-refractivity contribution in [2.45, 2.75) is 176 Å². The van der Waals surface area contributed by atoms with Gasteiger partial charge >= 0.3 is 11.9 Å². The normalized spacial score (nSPS) is 16.8. The maximum atomic E-state index is 13.7. The van der Waals surface area contributed by atoms with Crippen LogP contribution in [-0.4, -0.2) is 36.0 Å². The van der Waals surface area contributed by atoms with E-state index in [1.165, 1.54) is 70.6 Å². The summed E-state index contributed by atoms with van der Waals surface area (Å²) in [6.07, 6.45) is 17.1. The standard InChI is InChI=1S/C39H63NO5/c1-10-11-12-13-14-15-16-17-18-19-20-21-22-24-32-25-23-26-33(43-27(2)3)36(32)37-34(38(41)44-28(4)5)30(8)40-31(9)35(37)39(42)45-29(6)7/h23,25-29,34,37H,10-22,24H2,1-9H3. The van der Waals surface area contributed by atoms with Crippen molar-refractivity contribution in [3.63, 3.8) is 0 Å². The predicted molar refractivity (Wildman–Crippen MR) is 186 cm³/mol. The van der Waals surface area contributed by atoms with Crippen molar-refractivity contribution in [2.24, 2.45) is 10.9 Å². The Morgan fingerprint density at radius 2 is 1.27 bits per heavy atom. The summed E-state index contributed by atoms with van der Waals surface area (Å²) in [6, 6.07) is 6.09. The molecule has 6 heteroatoms. The van der Waals surface area contributed by atoms with Gasteiger partial charge in [0.05, 0.1) is 23.9 Å². The zero-order valence-electron chi connectivity index (χ0n) is 30.0. The molecule has 0 radical (unpaired) electrons. The first-order valence-electron chi connectivity index (χ1n) is 17.9. The van der Waals surface area contributed by atoms with Gasteiger partial charge in [-0.15, -0.1) is 0 Å². The first-order valence-corrected chi connectivity index (χ1v) is 17.9. The lowest BCUT2D eigenvalue weighted by atomic mass is 9.73. The second-order valence-corrected chi connectivity index (χ2v) is 13.6. The molecule has 1 heterocycles. The Balaban J connectivity index is 2.28. The summed E-state index contributed by atoms with van der Waals surface area (Å²) >= 11 is 0. The van der Waals surface area contributed by atoms with Crippen molar-refractivity contribution in [3.8, 4) is 5.75 Å². The largest absolute Gasteiger partial charge is 0.491 e. The molecule has 0 saturated carbocycles. The van der Waals surface area contributed by atoms with Crippen LogP contribution in [0.1, 0.15) is 163 Å². The van der Waals surface area contributed by atoms with Crippen LogP contribution in [0.15, 0.2) is 34.5 Å². The average molecular weight is 626 g/mol. The van der Waals surface area contributed by atoms with Crippen LogP contribution in [0.2, 0.25) is 0 Å². The second-order valence-electron chi connectivity index (χ2n) is 13.6. The molecule has 1 aliphatic heterocycles. The van der Waals surface area contributed by atoms with Crippen LogP contribution in [0, 0.1) is 5.92 Å². The van der Waals surface area contributed by atoms with Crippen molar-refractivity contribution < 1.29 is 23.8 Å². The monoisotopic (exact) mass is 625 g/mol. The molecule has 1 aromatic carbocycles. The Labute approximate surface area is 274 Å². The van der Waals surface area contributed by atoms with E-state index in [1.54, 1.807) is 0 Å². The van der Waals surface area contributed by atoms with Crippen LogP contribution >= 0.6 is 0 Å². The predicted octanol–water partition coefficient (Wildman–Crippen LogP) is 10.5. The summed E-state index contributed by atoms with van der Waals surface area (Å²) in [6.45, 7) is 17.3. The second kappa shape index (κ2) is 20.5. The summed E-state index contributed by atoms with van der Waals surface area (Å²) in [4.78, 5) is 32.1. The Bertz CT molecular complexity index is 1120. The third kappa shape index (κ3) is 12.9. The number of ether oxygens (including phenoxy) is 3. The molecule has 0 aliphatic carbocycles. The summed E-state index contributed by atoms with van der Waals surface area (Å²) in [5.74, 6) is -1.51. The summed E-state index contributed by atoms with van der Waals surface area (Å²) < 4.78 is 17.9. The number of hydrogen-bond acceptors (Lipinski definition) is 6. The van der Waals surface area contributed by atoms with E-state index in [4.69, 9.17) is 19.2 Å². The van der Waals surface area contributed by atoms with Gasteiger partial charge in [0.1, 0.15) is 11.7 Å². The van der Waals surface area contributed by atoms with E-state index in [-0.39, 0.29) is 24.3 Å². The molecule has 0 aromatic heterocycles. The van der Waals surface area contributed by atoms with E-state index in [9.17, 15) is 9.59 Å². The zero-order chi connectivity index (χ0) is 33.4. The van der Waals surface area contributed by atoms with E-state index >= 15 is 0 Å². The summed E-state index contributed by atoms with van der Waals surface area (Å²) in [7, 11) is 0. The molecule has 1 aliphatic rings.